The standard InChI is InChI=1S/C18H18N2OS3/c1-12(23-14-6-4-3-5-7-14)18(21)19-10-15-8-9-17(24-15)16-11-22-13(2)20-16/h3-9,11-12H,10H2,1-2H3,(H,19,21)/t12-/m1/s1. The van der Waals surface area contributed by atoms with E-state index in [0.29, 0.717) is 6.54 Å². The van der Waals surface area contributed by atoms with Crippen LogP contribution in [0.15, 0.2) is 52.7 Å². The normalized spacial score (nSPS) is 12.1. The van der Waals surface area contributed by atoms with Crippen LogP contribution in [0.3, 0.4) is 0 Å². The van der Waals surface area contributed by atoms with Gasteiger partial charge in [0, 0.05) is 15.2 Å². The highest BCUT2D eigenvalue weighted by molar-refractivity contribution is 8.00. The van der Waals surface area contributed by atoms with Gasteiger partial charge in [0.1, 0.15) is 0 Å². The molecule has 24 heavy (non-hydrogen) atoms. The number of aryl methyl sites for hydroxylation is 1. The fraction of sp³-hybridized carbons (Fsp3) is 0.222. The number of thiophene rings is 1. The number of rotatable bonds is 6. The third-order valence-electron chi connectivity index (χ3n) is 3.40. The Kier molecular flexibility index (Phi) is 5.71. The van der Waals surface area contributed by atoms with Gasteiger partial charge < -0.3 is 5.32 Å². The Hall–Kier alpha value is -1.63. The van der Waals surface area contributed by atoms with E-state index in [0.717, 1.165) is 25.4 Å². The molecule has 0 saturated carbocycles. The molecule has 3 rings (SSSR count). The molecule has 3 nitrogen and oxygen atoms in total. The van der Waals surface area contributed by atoms with Gasteiger partial charge in [-0.1, -0.05) is 18.2 Å². The summed E-state index contributed by atoms with van der Waals surface area (Å²) in [6, 6.07) is 14.1. The van der Waals surface area contributed by atoms with E-state index < -0.39 is 0 Å². The van der Waals surface area contributed by atoms with E-state index in [9.17, 15) is 4.79 Å². The topological polar surface area (TPSA) is 42.0 Å². The Labute approximate surface area is 154 Å². The smallest absolute Gasteiger partial charge is 0.233 e. The summed E-state index contributed by atoms with van der Waals surface area (Å²) in [6.45, 7) is 4.51. The number of nitrogens with zero attached hydrogens (tertiary/aromatic N) is 1. The minimum Gasteiger partial charge on any atom is -0.350 e. The second-order valence-corrected chi connectivity index (χ2v) is 8.95. The van der Waals surface area contributed by atoms with Gasteiger partial charge >= 0.3 is 0 Å². The van der Waals surface area contributed by atoms with E-state index in [-0.39, 0.29) is 11.2 Å². The zero-order valence-corrected chi connectivity index (χ0v) is 15.9. The molecule has 0 aliphatic heterocycles. The largest absolute Gasteiger partial charge is 0.350 e. The third-order valence-corrected chi connectivity index (χ3v) is 6.39. The first-order chi connectivity index (χ1) is 11.6. The lowest BCUT2D eigenvalue weighted by molar-refractivity contribution is -0.120. The lowest BCUT2D eigenvalue weighted by atomic mass is 10.3. The van der Waals surface area contributed by atoms with Crippen LogP contribution in [-0.2, 0) is 11.3 Å². The van der Waals surface area contributed by atoms with Gasteiger partial charge in [-0.2, -0.15) is 0 Å². The van der Waals surface area contributed by atoms with Crippen LogP contribution < -0.4 is 5.32 Å². The van der Waals surface area contributed by atoms with Crippen LogP contribution in [0.1, 0.15) is 16.8 Å². The van der Waals surface area contributed by atoms with Crippen molar-refractivity contribution in [1.82, 2.24) is 10.3 Å². The number of hydrogen-bond donors (Lipinski definition) is 1. The number of amides is 1. The van der Waals surface area contributed by atoms with Crippen molar-refractivity contribution in [1.29, 1.82) is 0 Å². The number of benzene rings is 1. The van der Waals surface area contributed by atoms with Crippen molar-refractivity contribution < 1.29 is 4.79 Å². The molecule has 1 N–H and O–H groups in total. The first-order valence-corrected chi connectivity index (χ1v) is 10.2. The molecule has 1 aromatic carbocycles. The zero-order chi connectivity index (χ0) is 16.9. The lowest BCUT2D eigenvalue weighted by Gasteiger charge is -2.11. The third kappa shape index (κ3) is 4.47. The molecule has 1 atom stereocenters. The molecular weight excluding hydrogens is 356 g/mol. The van der Waals surface area contributed by atoms with Crippen LogP contribution in [0, 0.1) is 6.92 Å². The van der Waals surface area contributed by atoms with Crippen LogP contribution in [0.4, 0.5) is 0 Å². The second kappa shape index (κ2) is 7.96. The minimum atomic E-state index is -0.118. The molecule has 0 aliphatic carbocycles. The van der Waals surface area contributed by atoms with Crippen LogP contribution in [0.25, 0.3) is 10.6 Å². The predicted octanol–water partition coefficient (Wildman–Crippen LogP) is 4.98. The average Bonchev–Trinajstić information content (AvgIpc) is 3.22. The van der Waals surface area contributed by atoms with Crippen molar-refractivity contribution >= 4 is 40.3 Å². The number of thiazole rings is 1. The van der Waals surface area contributed by atoms with Gasteiger partial charge in [0.25, 0.3) is 0 Å². The maximum absolute atomic E-state index is 12.3. The lowest BCUT2D eigenvalue weighted by Crippen LogP contribution is -2.30. The first kappa shape index (κ1) is 17.2. The molecule has 0 saturated heterocycles. The SMILES string of the molecule is Cc1nc(-c2ccc(CNC(=O)[C@@H](C)Sc3ccccc3)s2)cs1. The Morgan fingerprint density at radius 1 is 1.25 bits per heavy atom. The van der Waals surface area contributed by atoms with E-state index in [1.54, 1.807) is 34.4 Å². The monoisotopic (exact) mass is 374 g/mol. The number of carbonyl (C=O) groups is 1. The van der Waals surface area contributed by atoms with Crippen LogP contribution in [-0.4, -0.2) is 16.1 Å². The Morgan fingerprint density at radius 3 is 2.75 bits per heavy atom. The fourth-order valence-corrected chi connectivity index (χ4v) is 4.67. The molecule has 2 aromatic heterocycles. The fourth-order valence-electron chi connectivity index (χ4n) is 2.16. The predicted molar refractivity (Wildman–Crippen MR) is 104 cm³/mol. The summed E-state index contributed by atoms with van der Waals surface area (Å²) >= 11 is 4.91. The highest BCUT2D eigenvalue weighted by Crippen LogP contribution is 2.29. The summed E-state index contributed by atoms with van der Waals surface area (Å²) in [5.41, 5.74) is 1.02. The summed E-state index contributed by atoms with van der Waals surface area (Å²) < 4.78 is 0. The number of hydrogen-bond acceptors (Lipinski definition) is 5. The number of thioether (sulfide) groups is 1. The van der Waals surface area contributed by atoms with E-state index >= 15 is 0 Å². The molecule has 0 fully saturated rings. The van der Waals surface area contributed by atoms with Crippen LogP contribution in [0.2, 0.25) is 0 Å². The van der Waals surface area contributed by atoms with Crippen molar-refractivity contribution in [2.24, 2.45) is 0 Å². The quantitative estimate of drug-likeness (QED) is 0.619. The van der Waals surface area contributed by atoms with E-state index in [2.05, 4.69) is 27.8 Å². The van der Waals surface area contributed by atoms with Crippen molar-refractivity contribution in [3.63, 3.8) is 0 Å². The molecule has 0 aliphatic rings. The molecule has 2 heterocycles. The molecule has 6 heteroatoms. The van der Waals surface area contributed by atoms with Crippen molar-refractivity contribution in [2.45, 2.75) is 30.5 Å². The van der Waals surface area contributed by atoms with E-state index in [4.69, 9.17) is 0 Å². The minimum absolute atomic E-state index is 0.0586. The molecule has 0 unspecified atom stereocenters. The van der Waals surface area contributed by atoms with Gasteiger partial charge in [0.2, 0.25) is 5.91 Å². The summed E-state index contributed by atoms with van der Waals surface area (Å²) in [7, 11) is 0. The van der Waals surface area contributed by atoms with E-state index in [1.165, 1.54) is 0 Å². The molecule has 124 valence electrons. The van der Waals surface area contributed by atoms with Gasteiger partial charge in [0.15, 0.2) is 0 Å². The number of nitrogens with one attached hydrogen (secondary N) is 1. The van der Waals surface area contributed by atoms with Crippen molar-refractivity contribution in [2.75, 3.05) is 0 Å². The maximum atomic E-state index is 12.3. The van der Waals surface area contributed by atoms with Crippen LogP contribution >= 0.6 is 34.4 Å². The van der Waals surface area contributed by atoms with Crippen LogP contribution in [0.5, 0.6) is 0 Å². The molecular formula is C18H18N2OS3. The molecule has 0 spiro atoms. The summed E-state index contributed by atoms with van der Waals surface area (Å²) in [5, 5.41) is 6.05. The molecule has 0 radical (unpaired) electrons. The highest BCUT2D eigenvalue weighted by atomic mass is 32.2. The molecule has 3 aromatic rings. The maximum Gasteiger partial charge on any atom is 0.233 e. The number of carbonyl (C=O) groups excluding carboxylic acids is 1. The van der Waals surface area contributed by atoms with E-state index in [1.807, 2.05) is 44.2 Å². The van der Waals surface area contributed by atoms with Gasteiger partial charge in [-0.25, -0.2) is 4.98 Å². The van der Waals surface area contributed by atoms with Crippen molar-refractivity contribution in [3.8, 4) is 10.6 Å². The van der Waals surface area contributed by atoms with Crippen molar-refractivity contribution in [3.05, 3.63) is 57.7 Å². The van der Waals surface area contributed by atoms with Gasteiger partial charge in [0.05, 0.1) is 27.4 Å². The van der Waals surface area contributed by atoms with Gasteiger partial charge in [-0.15, -0.1) is 34.4 Å². The first-order valence-electron chi connectivity index (χ1n) is 7.62. The summed E-state index contributed by atoms with van der Waals surface area (Å²) in [5.74, 6) is 0.0586. The number of aromatic nitrogens is 1. The molecule has 1 amide bonds. The van der Waals surface area contributed by atoms with Gasteiger partial charge in [-0.05, 0) is 38.1 Å². The highest BCUT2D eigenvalue weighted by Gasteiger charge is 2.14. The summed E-state index contributed by atoms with van der Waals surface area (Å²) in [4.78, 5) is 20.2. The molecule has 0 bridgehead atoms. The zero-order valence-electron chi connectivity index (χ0n) is 13.5. The van der Waals surface area contributed by atoms with Gasteiger partial charge in [-0.3, -0.25) is 4.79 Å². The summed E-state index contributed by atoms with van der Waals surface area (Å²) in [6.07, 6.45) is 0. The Morgan fingerprint density at radius 2 is 2.04 bits per heavy atom. The second-order valence-electron chi connectivity index (χ2n) is 5.31. The average molecular weight is 375 g/mol. The Balaban J connectivity index is 1.53. The Bertz CT molecular complexity index is 811.